The SMILES string of the molecule is Nc1ccn(OCOCP(=O)(O)O)c(=O)n1.[NH4+]. The van der Waals surface area contributed by atoms with Gasteiger partial charge in [0, 0.05) is 6.07 Å². The molecule has 11 heteroatoms. The summed E-state index contributed by atoms with van der Waals surface area (Å²) in [6.07, 6.45) is 0.426. The number of anilines is 1. The van der Waals surface area contributed by atoms with E-state index >= 15 is 0 Å². The van der Waals surface area contributed by atoms with Crippen LogP contribution in [-0.4, -0.2) is 32.6 Å². The molecule has 1 rings (SSSR count). The Balaban J connectivity index is 0.00000256. The molecule has 0 fully saturated rings. The number of rotatable bonds is 5. The zero-order valence-electron chi connectivity index (χ0n) is 9.02. The maximum atomic E-state index is 11.1. The van der Waals surface area contributed by atoms with Gasteiger partial charge in [0.1, 0.15) is 5.82 Å². The van der Waals surface area contributed by atoms with E-state index in [1.807, 2.05) is 0 Å². The molecule has 0 bridgehead atoms. The third-order valence-corrected chi connectivity index (χ3v) is 1.85. The van der Waals surface area contributed by atoms with Gasteiger partial charge in [-0.1, -0.05) is 0 Å². The molecule has 1 heterocycles. The molecule has 0 amide bonds. The van der Waals surface area contributed by atoms with Crippen molar-refractivity contribution in [1.82, 2.24) is 15.9 Å². The lowest BCUT2D eigenvalue weighted by Gasteiger charge is -2.08. The number of hydrogen-bond acceptors (Lipinski definition) is 6. The first-order valence-corrected chi connectivity index (χ1v) is 5.79. The van der Waals surface area contributed by atoms with E-state index in [9.17, 15) is 9.36 Å². The van der Waals surface area contributed by atoms with E-state index in [1.165, 1.54) is 12.3 Å². The normalized spacial score (nSPS) is 10.7. The van der Waals surface area contributed by atoms with E-state index < -0.39 is 26.4 Å². The molecule has 17 heavy (non-hydrogen) atoms. The lowest BCUT2D eigenvalue weighted by Crippen LogP contribution is -2.30. The van der Waals surface area contributed by atoms with Crippen LogP contribution in [0.3, 0.4) is 0 Å². The van der Waals surface area contributed by atoms with Gasteiger partial charge in [-0.05, 0) is 0 Å². The van der Waals surface area contributed by atoms with Crippen molar-refractivity contribution < 1.29 is 23.9 Å². The van der Waals surface area contributed by atoms with Gasteiger partial charge >= 0.3 is 13.3 Å². The fraction of sp³-hybridized carbons (Fsp3) is 0.333. The Morgan fingerprint density at radius 2 is 2.18 bits per heavy atom. The van der Waals surface area contributed by atoms with Crippen LogP contribution >= 0.6 is 7.60 Å². The first-order chi connectivity index (χ1) is 7.38. The second-order valence-electron chi connectivity index (χ2n) is 2.71. The van der Waals surface area contributed by atoms with Crippen molar-refractivity contribution in [1.29, 1.82) is 0 Å². The van der Waals surface area contributed by atoms with Gasteiger partial charge in [0.25, 0.3) is 0 Å². The summed E-state index contributed by atoms with van der Waals surface area (Å²) in [4.78, 5) is 36.0. The molecule has 0 unspecified atom stereocenters. The quantitative estimate of drug-likeness (QED) is 0.291. The van der Waals surface area contributed by atoms with Crippen LogP contribution in [0.4, 0.5) is 5.82 Å². The fourth-order valence-electron chi connectivity index (χ4n) is 0.753. The number of aromatic nitrogens is 2. The van der Waals surface area contributed by atoms with E-state index in [0.29, 0.717) is 0 Å². The average Bonchev–Trinajstić information content (AvgIpc) is 2.13. The first kappa shape index (κ1) is 15.6. The lowest BCUT2D eigenvalue weighted by molar-refractivity contribution is -0.0533. The maximum absolute atomic E-state index is 11.1. The van der Waals surface area contributed by atoms with Gasteiger partial charge < -0.3 is 31.2 Å². The van der Waals surface area contributed by atoms with E-state index in [1.54, 1.807) is 0 Å². The number of quaternary nitrogens is 1. The number of nitrogen functional groups attached to an aromatic ring is 1. The molecule has 0 saturated carbocycles. The van der Waals surface area contributed by atoms with Crippen molar-refractivity contribution in [2.24, 2.45) is 0 Å². The van der Waals surface area contributed by atoms with Gasteiger partial charge in [-0.2, -0.15) is 4.98 Å². The summed E-state index contributed by atoms with van der Waals surface area (Å²) in [5, 5.41) is 0. The molecule has 0 spiro atoms. The molecule has 8 N–H and O–H groups in total. The third-order valence-electron chi connectivity index (χ3n) is 1.33. The molecule has 0 aromatic carbocycles. The molecule has 98 valence electrons. The van der Waals surface area contributed by atoms with Crippen LogP contribution in [0.15, 0.2) is 17.1 Å². The van der Waals surface area contributed by atoms with Crippen LogP contribution < -0.4 is 22.4 Å². The van der Waals surface area contributed by atoms with Crippen LogP contribution in [0, 0.1) is 0 Å². The molecule has 0 aliphatic heterocycles. The number of nitrogens with two attached hydrogens (primary N) is 1. The van der Waals surface area contributed by atoms with Crippen molar-refractivity contribution in [3.8, 4) is 0 Å². The van der Waals surface area contributed by atoms with Crippen molar-refractivity contribution >= 4 is 13.4 Å². The number of nitrogens with zero attached hydrogens (tertiary/aromatic N) is 2. The Kier molecular flexibility index (Phi) is 5.79. The molecule has 1 aromatic rings. The molecule has 0 aliphatic carbocycles. The summed E-state index contributed by atoms with van der Waals surface area (Å²) in [6, 6.07) is 1.32. The maximum Gasteiger partial charge on any atom is 0.382 e. The molecule has 0 atom stereocenters. The fourth-order valence-corrected chi connectivity index (χ4v) is 1.07. The van der Waals surface area contributed by atoms with Crippen LogP contribution in [0.1, 0.15) is 0 Å². The Labute approximate surface area is 95.7 Å². The Morgan fingerprint density at radius 1 is 1.53 bits per heavy atom. The Bertz CT molecular complexity index is 456. The van der Waals surface area contributed by atoms with Crippen molar-refractivity contribution in [3.63, 3.8) is 0 Å². The van der Waals surface area contributed by atoms with Crippen LogP contribution in [0.2, 0.25) is 0 Å². The van der Waals surface area contributed by atoms with Crippen molar-refractivity contribution in [2.75, 3.05) is 18.9 Å². The standard InChI is InChI=1S/C6H10N3O6P.H3N/c7-5-1-2-9(6(10)8-5)15-3-14-4-16(11,12)13;/h1-2H,3-4H2,(H2,7,8,10)(H2,11,12,13);1H3/p+1. The predicted octanol–water partition coefficient (Wildman–Crippen LogP) is -1.26. The van der Waals surface area contributed by atoms with Crippen molar-refractivity contribution in [2.45, 2.75) is 0 Å². The summed E-state index contributed by atoms with van der Waals surface area (Å²) in [6.45, 7) is -0.489. The zero-order chi connectivity index (χ0) is 12.2. The summed E-state index contributed by atoms with van der Waals surface area (Å²) in [7, 11) is -4.23. The summed E-state index contributed by atoms with van der Waals surface area (Å²) < 4.78 is 15.6. The highest BCUT2D eigenvalue weighted by Gasteiger charge is 2.12. The van der Waals surface area contributed by atoms with Gasteiger partial charge in [-0.3, -0.25) is 4.57 Å². The molecule has 0 radical (unpaired) electrons. The topological polar surface area (TPSA) is 173 Å². The van der Waals surface area contributed by atoms with Gasteiger partial charge in [-0.25, -0.2) is 4.79 Å². The monoisotopic (exact) mass is 269 g/mol. The molecular weight excluding hydrogens is 255 g/mol. The van der Waals surface area contributed by atoms with E-state index in [4.69, 9.17) is 20.4 Å². The van der Waals surface area contributed by atoms with E-state index in [2.05, 4.69) is 9.72 Å². The Morgan fingerprint density at radius 3 is 2.71 bits per heavy atom. The second kappa shape index (κ2) is 6.33. The summed E-state index contributed by atoms with van der Waals surface area (Å²) >= 11 is 0. The van der Waals surface area contributed by atoms with Gasteiger partial charge in [0.2, 0.25) is 6.79 Å². The van der Waals surface area contributed by atoms with Gasteiger partial charge in [-0.15, -0.1) is 4.73 Å². The predicted molar refractivity (Wildman–Crippen MR) is 58.3 cm³/mol. The summed E-state index contributed by atoms with van der Waals surface area (Å²) in [5.41, 5.74) is 4.47. The van der Waals surface area contributed by atoms with Crippen LogP contribution in [0.25, 0.3) is 0 Å². The lowest BCUT2D eigenvalue weighted by atomic mass is 10.6. The minimum absolute atomic E-state index is 0. The van der Waals surface area contributed by atoms with E-state index in [0.717, 1.165) is 4.73 Å². The first-order valence-electron chi connectivity index (χ1n) is 3.99. The Hall–Kier alpha value is -1.45. The minimum atomic E-state index is -4.23. The van der Waals surface area contributed by atoms with E-state index in [-0.39, 0.29) is 12.0 Å². The van der Waals surface area contributed by atoms with Crippen LogP contribution in [0.5, 0.6) is 0 Å². The number of hydrogen-bond donors (Lipinski definition) is 4. The highest BCUT2D eigenvalue weighted by Crippen LogP contribution is 2.33. The average molecular weight is 269 g/mol. The third kappa shape index (κ3) is 6.00. The molecule has 0 saturated heterocycles. The second-order valence-corrected chi connectivity index (χ2v) is 4.29. The molecule has 0 aliphatic rings. The van der Waals surface area contributed by atoms with Crippen LogP contribution in [-0.2, 0) is 9.30 Å². The molecule has 10 nitrogen and oxygen atoms in total. The highest BCUT2D eigenvalue weighted by molar-refractivity contribution is 7.51. The van der Waals surface area contributed by atoms with Gasteiger partial charge in [0.05, 0.1) is 6.20 Å². The largest absolute Gasteiger partial charge is 0.383 e. The number of ether oxygens (including phenoxy) is 1. The van der Waals surface area contributed by atoms with Crippen molar-refractivity contribution in [3.05, 3.63) is 22.7 Å². The zero-order valence-corrected chi connectivity index (χ0v) is 9.91. The summed E-state index contributed by atoms with van der Waals surface area (Å²) in [5.74, 6) is 0.0426. The minimum Gasteiger partial charge on any atom is -0.383 e. The molecule has 1 aromatic heterocycles. The smallest absolute Gasteiger partial charge is 0.382 e. The molecular formula is C6H14N4O6P+. The highest BCUT2D eigenvalue weighted by atomic mass is 31.2. The van der Waals surface area contributed by atoms with Gasteiger partial charge in [0.15, 0.2) is 6.35 Å².